The molecule has 5 nitrogen and oxygen atoms in total. The summed E-state index contributed by atoms with van der Waals surface area (Å²) in [5, 5.41) is 9.08. The van der Waals surface area contributed by atoms with Gasteiger partial charge in [0.05, 0.1) is 18.1 Å². The van der Waals surface area contributed by atoms with Gasteiger partial charge in [-0.3, -0.25) is 0 Å². The molecule has 1 aromatic heterocycles. The van der Waals surface area contributed by atoms with E-state index >= 15 is 0 Å². The first-order valence-electron chi connectivity index (χ1n) is 4.72. The van der Waals surface area contributed by atoms with Gasteiger partial charge in [0.2, 0.25) is 0 Å². The quantitative estimate of drug-likeness (QED) is 0.810. The average Bonchev–Trinajstić information content (AvgIpc) is 2.30. The molecular formula is C11H11N3O2. The van der Waals surface area contributed by atoms with Crippen molar-refractivity contribution in [3.05, 3.63) is 42.5 Å². The SMILES string of the molecule is Nc1cnc(COc2ccc(O)cc2)nc1. The Balaban J connectivity index is 1.97. The van der Waals surface area contributed by atoms with Crippen LogP contribution in [0, 0.1) is 0 Å². The maximum Gasteiger partial charge on any atom is 0.166 e. The molecule has 0 unspecified atom stereocenters. The first-order chi connectivity index (χ1) is 7.74. The number of nitrogens with two attached hydrogens (primary N) is 1. The zero-order chi connectivity index (χ0) is 11.4. The Morgan fingerprint density at radius 3 is 2.38 bits per heavy atom. The predicted molar refractivity (Wildman–Crippen MR) is 58.9 cm³/mol. The average molecular weight is 217 g/mol. The molecule has 16 heavy (non-hydrogen) atoms. The highest BCUT2D eigenvalue weighted by Gasteiger charge is 1.98. The molecule has 0 bridgehead atoms. The van der Waals surface area contributed by atoms with Crippen LogP contribution >= 0.6 is 0 Å². The lowest BCUT2D eigenvalue weighted by molar-refractivity contribution is 0.295. The smallest absolute Gasteiger partial charge is 0.166 e. The Morgan fingerprint density at radius 2 is 1.75 bits per heavy atom. The van der Waals surface area contributed by atoms with Crippen molar-refractivity contribution < 1.29 is 9.84 Å². The standard InChI is InChI=1S/C11H11N3O2/c12-8-5-13-11(14-6-8)7-16-10-3-1-9(15)2-4-10/h1-6,15H,7,12H2. The molecule has 0 aliphatic rings. The number of nitrogen functional groups attached to an aromatic ring is 1. The Bertz CT molecular complexity index is 408. The lowest BCUT2D eigenvalue weighted by Crippen LogP contribution is -2.01. The van der Waals surface area contributed by atoms with Crippen LogP contribution in [0.4, 0.5) is 5.69 Å². The fourth-order valence-corrected chi connectivity index (χ4v) is 1.13. The highest BCUT2D eigenvalue weighted by molar-refractivity contribution is 5.31. The van der Waals surface area contributed by atoms with E-state index in [1.807, 2.05) is 0 Å². The highest BCUT2D eigenvalue weighted by Crippen LogP contribution is 2.16. The van der Waals surface area contributed by atoms with Gasteiger partial charge in [0.25, 0.3) is 0 Å². The summed E-state index contributed by atoms with van der Waals surface area (Å²) in [4.78, 5) is 8.00. The third-order valence-corrected chi connectivity index (χ3v) is 1.93. The molecule has 5 heteroatoms. The van der Waals surface area contributed by atoms with E-state index in [0.29, 0.717) is 17.3 Å². The molecule has 0 aliphatic carbocycles. The largest absolute Gasteiger partial charge is 0.508 e. The van der Waals surface area contributed by atoms with Crippen molar-refractivity contribution in [2.24, 2.45) is 0 Å². The summed E-state index contributed by atoms with van der Waals surface area (Å²) in [5.74, 6) is 1.41. The van der Waals surface area contributed by atoms with Crippen molar-refractivity contribution in [1.82, 2.24) is 9.97 Å². The third-order valence-electron chi connectivity index (χ3n) is 1.93. The minimum Gasteiger partial charge on any atom is -0.508 e. The van der Waals surface area contributed by atoms with Crippen LogP contribution in [0.2, 0.25) is 0 Å². The first-order valence-corrected chi connectivity index (χ1v) is 4.72. The van der Waals surface area contributed by atoms with Crippen molar-refractivity contribution in [3.63, 3.8) is 0 Å². The van der Waals surface area contributed by atoms with Crippen LogP contribution in [0.3, 0.4) is 0 Å². The van der Waals surface area contributed by atoms with Gasteiger partial charge in [-0.1, -0.05) is 0 Å². The fourth-order valence-electron chi connectivity index (χ4n) is 1.13. The number of phenols is 1. The molecular weight excluding hydrogens is 206 g/mol. The minimum absolute atomic E-state index is 0.205. The Hall–Kier alpha value is -2.30. The van der Waals surface area contributed by atoms with Gasteiger partial charge in [-0.25, -0.2) is 9.97 Å². The Kier molecular flexibility index (Phi) is 2.86. The molecule has 0 saturated carbocycles. The minimum atomic E-state index is 0.205. The second-order valence-electron chi connectivity index (χ2n) is 3.22. The van der Waals surface area contributed by atoms with E-state index in [-0.39, 0.29) is 12.4 Å². The van der Waals surface area contributed by atoms with E-state index < -0.39 is 0 Å². The van der Waals surface area contributed by atoms with Crippen molar-refractivity contribution in [2.75, 3.05) is 5.73 Å². The predicted octanol–water partition coefficient (Wildman–Crippen LogP) is 1.34. The second-order valence-corrected chi connectivity index (χ2v) is 3.22. The molecule has 0 radical (unpaired) electrons. The number of nitrogens with zero attached hydrogens (tertiary/aromatic N) is 2. The summed E-state index contributed by atoms with van der Waals surface area (Å²) in [6, 6.07) is 6.46. The van der Waals surface area contributed by atoms with E-state index in [4.69, 9.17) is 15.6 Å². The van der Waals surface area contributed by atoms with E-state index in [1.54, 1.807) is 24.3 Å². The van der Waals surface area contributed by atoms with Crippen LogP contribution in [0.25, 0.3) is 0 Å². The molecule has 0 amide bonds. The van der Waals surface area contributed by atoms with Crippen LogP contribution in [0.1, 0.15) is 5.82 Å². The van der Waals surface area contributed by atoms with Crippen LogP contribution in [0.15, 0.2) is 36.7 Å². The number of phenolic OH excluding ortho intramolecular Hbond substituents is 1. The normalized spacial score (nSPS) is 10.0. The number of ether oxygens (including phenoxy) is 1. The lowest BCUT2D eigenvalue weighted by Gasteiger charge is -2.04. The summed E-state index contributed by atoms with van der Waals surface area (Å²) in [7, 11) is 0. The molecule has 0 saturated heterocycles. The van der Waals surface area contributed by atoms with Gasteiger partial charge < -0.3 is 15.6 Å². The Labute approximate surface area is 92.5 Å². The number of aromatic nitrogens is 2. The summed E-state index contributed by atoms with van der Waals surface area (Å²) >= 11 is 0. The molecule has 1 heterocycles. The van der Waals surface area contributed by atoms with Gasteiger partial charge in [0.15, 0.2) is 5.82 Å². The number of aromatic hydroxyl groups is 1. The van der Waals surface area contributed by atoms with Crippen molar-refractivity contribution in [3.8, 4) is 11.5 Å². The van der Waals surface area contributed by atoms with Gasteiger partial charge in [-0.15, -0.1) is 0 Å². The number of hydrogen-bond donors (Lipinski definition) is 2. The van der Waals surface area contributed by atoms with Crippen molar-refractivity contribution >= 4 is 5.69 Å². The molecule has 82 valence electrons. The summed E-state index contributed by atoms with van der Waals surface area (Å²) in [6.45, 7) is 0.269. The molecule has 1 aromatic carbocycles. The van der Waals surface area contributed by atoms with Gasteiger partial charge >= 0.3 is 0 Å². The zero-order valence-corrected chi connectivity index (χ0v) is 8.50. The molecule has 0 fully saturated rings. The summed E-state index contributed by atoms with van der Waals surface area (Å²) < 4.78 is 5.41. The second kappa shape index (κ2) is 4.48. The van der Waals surface area contributed by atoms with Gasteiger partial charge in [0.1, 0.15) is 18.1 Å². The number of hydrogen-bond acceptors (Lipinski definition) is 5. The zero-order valence-electron chi connectivity index (χ0n) is 8.50. The number of rotatable bonds is 3. The third kappa shape index (κ3) is 2.60. The van der Waals surface area contributed by atoms with E-state index in [1.165, 1.54) is 12.4 Å². The topological polar surface area (TPSA) is 81.3 Å². The fraction of sp³-hybridized carbons (Fsp3) is 0.0909. The molecule has 0 spiro atoms. The lowest BCUT2D eigenvalue weighted by atomic mass is 10.3. The van der Waals surface area contributed by atoms with Crippen molar-refractivity contribution in [2.45, 2.75) is 6.61 Å². The van der Waals surface area contributed by atoms with Crippen molar-refractivity contribution in [1.29, 1.82) is 0 Å². The molecule has 0 aliphatic heterocycles. The summed E-state index contributed by atoms with van der Waals surface area (Å²) in [6.07, 6.45) is 3.06. The monoisotopic (exact) mass is 217 g/mol. The van der Waals surface area contributed by atoms with Crippen LogP contribution in [-0.4, -0.2) is 15.1 Å². The molecule has 0 atom stereocenters. The van der Waals surface area contributed by atoms with E-state index in [0.717, 1.165) is 0 Å². The van der Waals surface area contributed by atoms with Crippen LogP contribution < -0.4 is 10.5 Å². The van der Waals surface area contributed by atoms with Gasteiger partial charge in [-0.2, -0.15) is 0 Å². The first kappa shape index (κ1) is 10.2. The summed E-state index contributed by atoms with van der Waals surface area (Å²) in [5.41, 5.74) is 5.98. The number of anilines is 1. The Morgan fingerprint density at radius 1 is 1.12 bits per heavy atom. The van der Waals surface area contributed by atoms with Gasteiger partial charge in [-0.05, 0) is 24.3 Å². The van der Waals surface area contributed by atoms with E-state index in [2.05, 4.69) is 9.97 Å². The van der Waals surface area contributed by atoms with E-state index in [9.17, 15) is 0 Å². The molecule has 2 aromatic rings. The molecule has 3 N–H and O–H groups in total. The maximum atomic E-state index is 9.08. The molecule has 2 rings (SSSR count). The number of benzene rings is 1. The van der Waals surface area contributed by atoms with Crippen LogP contribution in [-0.2, 0) is 6.61 Å². The van der Waals surface area contributed by atoms with Crippen LogP contribution in [0.5, 0.6) is 11.5 Å². The van der Waals surface area contributed by atoms with Gasteiger partial charge in [0, 0.05) is 0 Å². The maximum absolute atomic E-state index is 9.08. The highest BCUT2D eigenvalue weighted by atomic mass is 16.5.